The normalized spacial score (nSPS) is 11.2. The maximum absolute atomic E-state index is 13.4. The molecule has 0 spiro atoms. The van der Waals surface area contributed by atoms with Crippen LogP contribution in [0, 0.1) is 5.82 Å². The number of primary amides is 1. The Labute approximate surface area is 179 Å². The predicted octanol–water partition coefficient (Wildman–Crippen LogP) is 2.66. The number of hydrogen-bond donors (Lipinski definition) is 3. The Hall–Kier alpha value is -3.53. The fourth-order valence-corrected chi connectivity index (χ4v) is 3.43. The molecule has 4 N–H and O–H groups in total. The van der Waals surface area contributed by atoms with E-state index in [0.29, 0.717) is 29.2 Å². The first kappa shape index (κ1) is 22.2. The molecule has 0 unspecified atom stereocenters. The highest BCUT2D eigenvalue weighted by Crippen LogP contribution is 2.21. The van der Waals surface area contributed by atoms with Crippen LogP contribution in [0.25, 0.3) is 0 Å². The quantitative estimate of drug-likeness (QED) is 0.464. The minimum Gasteiger partial charge on any atom is -0.379 e. The van der Waals surface area contributed by atoms with E-state index in [4.69, 9.17) is 5.73 Å². The Balaban J connectivity index is 1.73. The molecule has 10 heteroatoms. The van der Waals surface area contributed by atoms with Crippen molar-refractivity contribution in [2.24, 2.45) is 5.73 Å². The van der Waals surface area contributed by atoms with E-state index in [2.05, 4.69) is 20.8 Å². The van der Waals surface area contributed by atoms with Gasteiger partial charge in [0.05, 0.1) is 11.4 Å². The summed E-state index contributed by atoms with van der Waals surface area (Å²) in [6.45, 7) is 0.262. The summed E-state index contributed by atoms with van der Waals surface area (Å²) >= 11 is 0. The molecule has 3 aromatic rings. The topological polar surface area (TPSA) is 127 Å². The highest BCUT2D eigenvalue weighted by atomic mass is 32.2. The molecule has 1 aromatic heterocycles. The third-order valence-electron chi connectivity index (χ3n) is 4.39. The smallest absolute Gasteiger partial charge is 0.271 e. The molecule has 2 aromatic carbocycles. The van der Waals surface area contributed by atoms with Crippen LogP contribution in [-0.4, -0.2) is 36.5 Å². The Morgan fingerprint density at radius 2 is 1.81 bits per heavy atom. The van der Waals surface area contributed by atoms with Gasteiger partial charge in [-0.3, -0.25) is 4.79 Å². The van der Waals surface area contributed by atoms with Gasteiger partial charge in [-0.1, -0.05) is 24.3 Å². The van der Waals surface area contributed by atoms with Gasteiger partial charge >= 0.3 is 0 Å². The predicted molar refractivity (Wildman–Crippen MR) is 117 cm³/mol. The van der Waals surface area contributed by atoms with E-state index in [1.807, 2.05) is 12.1 Å². The fourth-order valence-electron chi connectivity index (χ4n) is 2.82. The van der Waals surface area contributed by atoms with E-state index in [-0.39, 0.29) is 23.8 Å². The Morgan fingerprint density at radius 3 is 2.45 bits per heavy atom. The number of nitrogens with zero attached hydrogens (tertiary/aromatic N) is 2. The van der Waals surface area contributed by atoms with E-state index < -0.39 is 15.7 Å². The molecule has 0 bridgehead atoms. The summed E-state index contributed by atoms with van der Waals surface area (Å²) in [7, 11) is -3.02. The zero-order valence-corrected chi connectivity index (χ0v) is 17.6. The standard InChI is InChI=1S/C21H22FN5O3S/c1-31(29,30)10-9-14-5-7-17(8-6-14)25-19-12-18(20(21(23)28)27-26-19)24-13-15-3-2-4-16(22)11-15/h2-8,11-12H,9-10,13H2,1H3,(H2,23,28)(H2,24,25,26). The molecule has 0 aliphatic heterocycles. The fraction of sp³-hybridized carbons (Fsp3) is 0.190. The van der Waals surface area contributed by atoms with Gasteiger partial charge in [-0.05, 0) is 41.8 Å². The summed E-state index contributed by atoms with van der Waals surface area (Å²) < 4.78 is 36.0. The molecule has 3 rings (SSSR count). The van der Waals surface area contributed by atoms with E-state index in [0.717, 1.165) is 5.56 Å². The molecule has 0 aliphatic rings. The average molecular weight is 444 g/mol. The monoisotopic (exact) mass is 443 g/mol. The summed E-state index contributed by atoms with van der Waals surface area (Å²) in [5.74, 6) is -0.642. The minimum atomic E-state index is -3.02. The maximum Gasteiger partial charge on any atom is 0.271 e. The molecule has 162 valence electrons. The van der Waals surface area contributed by atoms with Gasteiger partial charge in [-0.25, -0.2) is 12.8 Å². The summed E-state index contributed by atoms with van der Waals surface area (Å²) in [5, 5.41) is 14.0. The summed E-state index contributed by atoms with van der Waals surface area (Å²) in [6, 6.07) is 14.9. The van der Waals surface area contributed by atoms with Crippen LogP contribution >= 0.6 is 0 Å². The van der Waals surface area contributed by atoms with Crippen LogP contribution in [0.5, 0.6) is 0 Å². The second-order valence-electron chi connectivity index (χ2n) is 7.04. The first-order valence-corrected chi connectivity index (χ1v) is 11.5. The Kier molecular flexibility index (Phi) is 6.81. The molecule has 0 aliphatic carbocycles. The molecule has 0 saturated heterocycles. The number of carbonyl (C=O) groups excluding carboxylic acids is 1. The number of rotatable bonds is 9. The minimum absolute atomic E-state index is 0.0296. The van der Waals surface area contributed by atoms with Gasteiger partial charge in [0.25, 0.3) is 5.91 Å². The molecule has 31 heavy (non-hydrogen) atoms. The molecule has 0 saturated carbocycles. The highest BCUT2D eigenvalue weighted by molar-refractivity contribution is 7.90. The van der Waals surface area contributed by atoms with Gasteiger partial charge in [0.2, 0.25) is 0 Å². The molecular formula is C21H22FN5O3S. The van der Waals surface area contributed by atoms with Crippen LogP contribution in [0.2, 0.25) is 0 Å². The first-order valence-electron chi connectivity index (χ1n) is 9.39. The van der Waals surface area contributed by atoms with Crippen molar-refractivity contribution in [1.82, 2.24) is 10.2 Å². The number of halogens is 1. The highest BCUT2D eigenvalue weighted by Gasteiger charge is 2.13. The number of hydrogen-bond acceptors (Lipinski definition) is 7. The van der Waals surface area contributed by atoms with Gasteiger partial charge in [-0.2, -0.15) is 0 Å². The van der Waals surface area contributed by atoms with Crippen molar-refractivity contribution < 1.29 is 17.6 Å². The number of aryl methyl sites for hydroxylation is 1. The zero-order valence-electron chi connectivity index (χ0n) is 16.8. The summed E-state index contributed by atoms with van der Waals surface area (Å²) in [4.78, 5) is 11.7. The van der Waals surface area contributed by atoms with Crippen LogP contribution in [0.3, 0.4) is 0 Å². The zero-order chi connectivity index (χ0) is 22.4. The summed E-state index contributed by atoms with van der Waals surface area (Å²) in [6.07, 6.45) is 1.64. The average Bonchev–Trinajstić information content (AvgIpc) is 2.71. The maximum atomic E-state index is 13.4. The molecule has 1 amide bonds. The van der Waals surface area contributed by atoms with E-state index in [1.54, 1.807) is 30.3 Å². The van der Waals surface area contributed by atoms with Crippen molar-refractivity contribution in [2.45, 2.75) is 13.0 Å². The van der Waals surface area contributed by atoms with Crippen LogP contribution in [0.1, 0.15) is 21.6 Å². The van der Waals surface area contributed by atoms with Crippen molar-refractivity contribution in [3.63, 3.8) is 0 Å². The van der Waals surface area contributed by atoms with Crippen LogP contribution in [0.15, 0.2) is 54.6 Å². The molecule has 1 heterocycles. The lowest BCUT2D eigenvalue weighted by molar-refractivity contribution is 0.0995. The van der Waals surface area contributed by atoms with Gasteiger partial charge in [0.1, 0.15) is 15.7 Å². The lowest BCUT2D eigenvalue weighted by Crippen LogP contribution is -2.17. The van der Waals surface area contributed by atoms with Gasteiger partial charge in [0.15, 0.2) is 11.5 Å². The number of aromatic nitrogens is 2. The van der Waals surface area contributed by atoms with E-state index in [9.17, 15) is 17.6 Å². The third kappa shape index (κ3) is 6.75. The first-order chi connectivity index (χ1) is 14.7. The summed E-state index contributed by atoms with van der Waals surface area (Å²) in [5.41, 5.74) is 8.00. The number of nitrogens with one attached hydrogen (secondary N) is 2. The van der Waals surface area contributed by atoms with Crippen molar-refractivity contribution in [3.05, 3.63) is 77.2 Å². The van der Waals surface area contributed by atoms with Crippen molar-refractivity contribution >= 4 is 32.9 Å². The number of nitrogens with two attached hydrogens (primary N) is 1. The van der Waals surface area contributed by atoms with E-state index >= 15 is 0 Å². The Bertz CT molecular complexity index is 1180. The molecule has 0 radical (unpaired) electrons. The van der Waals surface area contributed by atoms with Crippen LogP contribution in [-0.2, 0) is 22.8 Å². The van der Waals surface area contributed by atoms with Gasteiger partial charge in [0, 0.05) is 24.6 Å². The van der Waals surface area contributed by atoms with Crippen LogP contribution in [0.4, 0.5) is 21.6 Å². The molecule has 0 fully saturated rings. The van der Waals surface area contributed by atoms with Gasteiger partial charge < -0.3 is 16.4 Å². The number of carbonyl (C=O) groups is 1. The lowest BCUT2D eigenvalue weighted by Gasteiger charge is -2.12. The Morgan fingerprint density at radius 1 is 1.06 bits per heavy atom. The van der Waals surface area contributed by atoms with Crippen molar-refractivity contribution in [2.75, 3.05) is 22.6 Å². The number of benzene rings is 2. The second kappa shape index (κ2) is 9.52. The lowest BCUT2D eigenvalue weighted by atomic mass is 10.1. The molecule has 8 nitrogen and oxygen atoms in total. The van der Waals surface area contributed by atoms with Crippen molar-refractivity contribution in [1.29, 1.82) is 0 Å². The number of amides is 1. The second-order valence-corrected chi connectivity index (χ2v) is 9.30. The molecule has 0 atom stereocenters. The number of sulfone groups is 1. The largest absolute Gasteiger partial charge is 0.379 e. The van der Waals surface area contributed by atoms with Crippen LogP contribution < -0.4 is 16.4 Å². The molecular weight excluding hydrogens is 421 g/mol. The number of anilines is 3. The van der Waals surface area contributed by atoms with Crippen molar-refractivity contribution in [3.8, 4) is 0 Å². The van der Waals surface area contributed by atoms with Gasteiger partial charge in [-0.15, -0.1) is 10.2 Å². The van der Waals surface area contributed by atoms with E-state index in [1.165, 1.54) is 18.4 Å². The SMILES string of the molecule is CS(=O)(=O)CCc1ccc(Nc2cc(NCc3cccc(F)c3)c(C(N)=O)nn2)cc1. The third-order valence-corrected chi connectivity index (χ3v) is 5.33.